The van der Waals surface area contributed by atoms with Crippen molar-refractivity contribution in [3.63, 3.8) is 0 Å². The van der Waals surface area contributed by atoms with E-state index in [1.807, 2.05) is 30.0 Å². The largest absolute Gasteiger partial charge is 0.445 e. The third-order valence-electron chi connectivity index (χ3n) is 6.23. The minimum atomic E-state index is -0.544. The summed E-state index contributed by atoms with van der Waals surface area (Å²) >= 11 is 1.82. The van der Waals surface area contributed by atoms with Gasteiger partial charge in [0, 0.05) is 17.9 Å². The molecule has 1 aliphatic heterocycles. The molecule has 2 atom stereocenters. The van der Waals surface area contributed by atoms with Gasteiger partial charge in [0.1, 0.15) is 6.61 Å². The summed E-state index contributed by atoms with van der Waals surface area (Å²) in [5, 5.41) is 0.0597. The first kappa shape index (κ1) is 25.3. The molecule has 3 aromatic carbocycles. The summed E-state index contributed by atoms with van der Waals surface area (Å²) in [5.74, 6) is -0.544. The van der Waals surface area contributed by atoms with E-state index in [0.29, 0.717) is 13.0 Å². The number of nitrogens with two attached hydrogens (primary N) is 1. The van der Waals surface area contributed by atoms with Crippen LogP contribution in [0.25, 0.3) is 0 Å². The summed E-state index contributed by atoms with van der Waals surface area (Å²) in [4.78, 5) is 26.0. The van der Waals surface area contributed by atoms with Crippen molar-refractivity contribution in [2.45, 2.75) is 22.5 Å². The molecule has 2 amide bonds. The third kappa shape index (κ3) is 5.55. The number of primary amides is 1. The molecule has 36 heavy (non-hydrogen) atoms. The predicted octanol–water partition coefficient (Wildman–Crippen LogP) is 5.52. The first-order valence-electron chi connectivity index (χ1n) is 11.9. The number of amides is 2. The standard InChI is InChI=1S/C30H30N2O3S/c1-2-20-35-29(34)32-22-27(21-26(32)18-19-28(31)33)36-30(23-12-6-3-7-13-23,24-14-8-4-9-15-24)25-16-10-5-11-17-25/h2-19,26-27H,1,20-22H2,(H2,31,33)/t26-,27+/m1/s1. The van der Waals surface area contributed by atoms with Crippen LogP contribution in [-0.4, -0.2) is 41.3 Å². The molecule has 5 nitrogen and oxygen atoms in total. The lowest BCUT2D eigenvalue weighted by molar-refractivity contribution is -0.113. The maximum atomic E-state index is 12.9. The summed E-state index contributed by atoms with van der Waals surface area (Å²) in [5.41, 5.74) is 8.83. The first-order valence-corrected chi connectivity index (χ1v) is 12.8. The van der Waals surface area contributed by atoms with E-state index in [9.17, 15) is 9.59 Å². The molecule has 6 heteroatoms. The number of hydrogen-bond acceptors (Lipinski definition) is 4. The van der Waals surface area contributed by atoms with Crippen molar-refractivity contribution in [2.75, 3.05) is 13.2 Å². The Kier molecular flexibility index (Phi) is 8.28. The van der Waals surface area contributed by atoms with E-state index in [2.05, 4.69) is 79.4 Å². The Morgan fingerprint density at radius 1 is 0.944 bits per heavy atom. The molecule has 0 radical (unpaired) electrons. The van der Waals surface area contributed by atoms with Crippen LogP contribution < -0.4 is 5.73 Å². The second-order valence-electron chi connectivity index (χ2n) is 8.60. The highest BCUT2D eigenvalue weighted by Gasteiger charge is 2.44. The van der Waals surface area contributed by atoms with Gasteiger partial charge in [-0.15, -0.1) is 11.8 Å². The number of carbonyl (C=O) groups is 2. The van der Waals surface area contributed by atoms with Gasteiger partial charge in [0.25, 0.3) is 0 Å². The molecule has 184 valence electrons. The molecule has 1 fully saturated rings. The van der Waals surface area contributed by atoms with E-state index in [0.717, 1.165) is 16.7 Å². The number of likely N-dealkylation sites (tertiary alicyclic amines) is 1. The number of hydrogen-bond donors (Lipinski definition) is 1. The van der Waals surface area contributed by atoms with Gasteiger partial charge in [0.05, 0.1) is 10.8 Å². The van der Waals surface area contributed by atoms with Crippen LogP contribution in [0.5, 0.6) is 0 Å². The van der Waals surface area contributed by atoms with Crippen LogP contribution in [0.4, 0.5) is 4.79 Å². The van der Waals surface area contributed by atoms with Crippen molar-refractivity contribution < 1.29 is 14.3 Å². The average Bonchev–Trinajstić information content (AvgIpc) is 3.33. The molecule has 0 spiro atoms. The molecule has 0 aliphatic carbocycles. The number of rotatable bonds is 9. The van der Waals surface area contributed by atoms with E-state index in [1.54, 1.807) is 17.1 Å². The summed E-state index contributed by atoms with van der Waals surface area (Å²) in [7, 11) is 0. The zero-order valence-electron chi connectivity index (χ0n) is 20.0. The van der Waals surface area contributed by atoms with Crippen molar-refractivity contribution in [3.8, 4) is 0 Å². The zero-order chi connectivity index (χ0) is 25.4. The third-order valence-corrected chi connectivity index (χ3v) is 7.97. The highest BCUT2D eigenvalue weighted by molar-refractivity contribution is 8.01. The Balaban J connectivity index is 1.77. The van der Waals surface area contributed by atoms with Crippen LogP contribution in [0.3, 0.4) is 0 Å². The second kappa shape index (κ2) is 11.8. The van der Waals surface area contributed by atoms with E-state index < -0.39 is 16.7 Å². The van der Waals surface area contributed by atoms with E-state index >= 15 is 0 Å². The molecule has 2 N–H and O–H groups in total. The minimum Gasteiger partial charge on any atom is -0.445 e. The average molecular weight is 499 g/mol. The number of thioether (sulfide) groups is 1. The number of carbonyl (C=O) groups excluding carboxylic acids is 2. The van der Waals surface area contributed by atoms with Crippen molar-refractivity contribution >= 4 is 23.8 Å². The fourth-order valence-electron chi connectivity index (χ4n) is 4.70. The Morgan fingerprint density at radius 2 is 1.44 bits per heavy atom. The maximum absolute atomic E-state index is 12.9. The Morgan fingerprint density at radius 3 is 1.89 bits per heavy atom. The molecule has 3 aromatic rings. The van der Waals surface area contributed by atoms with Gasteiger partial charge in [-0.1, -0.05) is 110 Å². The van der Waals surface area contributed by atoms with Gasteiger partial charge in [-0.2, -0.15) is 0 Å². The Bertz CT molecular complexity index is 1100. The topological polar surface area (TPSA) is 72.6 Å². The number of benzene rings is 3. The molecule has 0 aromatic heterocycles. The Labute approximate surface area is 216 Å². The fourth-order valence-corrected chi connectivity index (χ4v) is 6.54. The monoisotopic (exact) mass is 498 g/mol. The normalized spacial score (nSPS) is 17.7. The molecule has 1 aliphatic rings. The van der Waals surface area contributed by atoms with Crippen molar-refractivity contribution in [1.29, 1.82) is 0 Å². The van der Waals surface area contributed by atoms with Gasteiger partial charge in [-0.05, 0) is 23.1 Å². The second-order valence-corrected chi connectivity index (χ2v) is 10.1. The quantitative estimate of drug-likeness (QED) is 0.240. The minimum absolute atomic E-state index is 0.0597. The van der Waals surface area contributed by atoms with Crippen LogP contribution in [0.2, 0.25) is 0 Å². The molecule has 0 bridgehead atoms. The van der Waals surface area contributed by atoms with E-state index in [-0.39, 0.29) is 17.9 Å². The van der Waals surface area contributed by atoms with Crippen LogP contribution >= 0.6 is 11.8 Å². The molecule has 0 unspecified atom stereocenters. The summed E-state index contributed by atoms with van der Waals surface area (Å²) in [6, 6.07) is 31.0. The smallest absolute Gasteiger partial charge is 0.410 e. The van der Waals surface area contributed by atoms with Crippen LogP contribution in [-0.2, 0) is 14.3 Å². The highest BCUT2D eigenvalue weighted by Crippen LogP contribution is 2.52. The van der Waals surface area contributed by atoms with E-state index in [1.165, 1.54) is 6.08 Å². The van der Waals surface area contributed by atoms with E-state index in [4.69, 9.17) is 10.5 Å². The number of nitrogens with zero attached hydrogens (tertiary/aromatic N) is 1. The first-order chi connectivity index (χ1) is 17.5. The van der Waals surface area contributed by atoms with Crippen LogP contribution in [0.1, 0.15) is 23.1 Å². The summed E-state index contributed by atoms with van der Waals surface area (Å²) < 4.78 is 4.85. The molecular formula is C30H30N2O3S. The molecule has 0 saturated carbocycles. The maximum Gasteiger partial charge on any atom is 0.410 e. The Hall–Kier alpha value is -3.77. The SMILES string of the molecule is C=CCOC(=O)N1C[C@@H](SC(c2ccccc2)(c2ccccc2)c2ccccc2)C[C@H]1C=CC(N)=O. The molecule has 1 saturated heterocycles. The van der Waals surface area contributed by atoms with Gasteiger partial charge < -0.3 is 15.4 Å². The lowest BCUT2D eigenvalue weighted by atomic mass is 9.84. The van der Waals surface area contributed by atoms with Crippen molar-refractivity contribution in [2.24, 2.45) is 5.73 Å². The summed E-state index contributed by atoms with van der Waals surface area (Å²) in [6.07, 6.45) is 4.80. The van der Waals surface area contributed by atoms with Gasteiger partial charge in [0.15, 0.2) is 0 Å². The van der Waals surface area contributed by atoms with Crippen LogP contribution in [0, 0.1) is 0 Å². The highest BCUT2D eigenvalue weighted by atomic mass is 32.2. The fraction of sp³-hybridized carbons (Fsp3) is 0.200. The predicted molar refractivity (Wildman–Crippen MR) is 146 cm³/mol. The van der Waals surface area contributed by atoms with Gasteiger partial charge in [-0.3, -0.25) is 4.79 Å². The van der Waals surface area contributed by atoms with Crippen molar-refractivity contribution in [3.05, 3.63) is 132 Å². The molecule has 4 rings (SSSR count). The summed E-state index contributed by atoms with van der Waals surface area (Å²) in [6.45, 7) is 4.23. The lowest BCUT2D eigenvalue weighted by Crippen LogP contribution is -2.36. The van der Waals surface area contributed by atoms with Crippen molar-refractivity contribution in [1.82, 2.24) is 4.90 Å². The molecular weight excluding hydrogens is 468 g/mol. The van der Waals surface area contributed by atoms with Crippen LogP contribution in [0.15, 0.2) is 116 Å². The van der Waals surface area contributed by atoms with Gasteiger partial charge >= 0.3 is 6.09 Å². The molecule has 1 heterocycles. The zero-order valence-corrected chi connectivity index (χ0v) is 20.8. The van der Waals surface area contributed by atoms with Gasteiger partial charge in [-0.25, -0.2) is 4.79 Å². The lowest BCUT2D eigenvalue weighted by Gasteiger charge is -2.37. The number of ether oxygens (including phenoxy) is 1. The van der Waals surface area contributed by atoms with Gasteiger partial charge in [0.2, 0.25) is 5.91 Å².